The van der Waals surface area contributed by atoms with Crippen LogP contribution in [-0.4, -0.2) is 22.5 Å². The molecule has 0 aliphatic heterocycles. The van der Waals surface area contributed by atoms with Gasteiger partial charge >= 0.3 is 0 Å². The number of rotatable bonds is 6. The van der Waals surface area contributed by atoms with Crippen LogP contribution in [0.2, 0.25) is 0 Å². The summed E-state index contributed by atoms with van der Waals surface area (Å²) in [7, 11) is 0. The van der Waals surface area contributed by atoms with E-state index in [-0.39, 0.29) is 18.3 Å². The molecular weight excluding hydrogens is 341 g/mol. The Labute approximate surface area is 148 Å². The molecule has 25 heavy (non-hydrogen) atoms. The van der Waals surface area contributed by atoms with Gasteiger partial charge in [0.2, 0.25) is 0 Å². The monoisotopic (exact) mass is 357 g/mol. The average molecular weight is 357 g/mol. The molecule has 0 aliphatic rings. The molecule has 0 bridgehead atoms. The first kappa shape index (κ1) is 17.0. The van der Waals surface area contributed by atoms with Crippen LogP contribution in [0.3, 0.4) is 0 Å². The molecule has 3 aromatic rings. The molecular formula is C18H16FN3O2S. The number of aryl methyl sites for hydroxylation is 1. The number of pyridine rings is 1. The molecule has 1 N–H and O–H groups in total. The summed E-state index contributed by atoms with van der Waals surface area (Å²) in [5.74, 6) is -0.751. The van der Waals surface area contributed by atoms with E-state index in [0.29, 0.717) is 6.54 Å². The number of hydrogen-bond acceptors (Lipinski definition) is 5. The zero-order chi connectivity index (χ0) is 17.6. The number of carbonyl (C=O) groups excluding carboxylic acids is 1. The standard InChI is InChI=1S/C18H16FN3O2S/c1-12-16(25-18(22-12)13-5-4-8-20-9-13)10-21-17(23)11-24-15-7-3-2-6-14(15)19/h2-9H,10-11H2,1H3,(H,21,23). The van der Waals surface area contributed by atoms with Crippen LogP contribution in [0.4, 0.5) is 4.39 Å². The molecule has 0 saturated carbocycles. The Balaban J connectivity index is 1.56. The van der Waals surface area contributed by atoms with E-state index in [1.807, 2.05) is 19.1 Å². The maximum atomic E-state index is 13.4. The first-order chi connectivity index (χ1) is 12.1. The normalized spacial score (nSPS) is 10.5. The Morgan fingerprint density at radius 3 is 2.88 bits per heavy atom. The van der Waals surface area contributed by atoms with Gasteiger partial charge in [0.1, 0.15) is 5.01 Å². The van der Waals surface area contributed by atoms with Gasteiger partial charge in [0.15, 0.2) is 18.2 Å². The smallest absolute Gasteiger partial charge is 0.258 e. The quantitative estimate of drug-likeness (QED) is 0.735. The molecule has 0 saturated heterocycles. The van der Waals surface area contributed by atoms with Gasteiger partial charge in [-0.3, -0.25) is 9.78 Å². The summed E-state index contributed by atoms with van der Waals surface area (Å²) in [4.78, 5) is 21.5. The lowest BCUT2D eigenvalue weighted by molar-refractivity contribution is -0.123. The van der Waals surface area contributed by atoms with Gasteiger partial charge in [-0.2, -0.15) is 0 Å². The lowest BCUT2D eigenvalue weighted by Crippen LogP contribution is -2.28. The molecule has 0 unspecified atom stereocenters. The largest absolute Gasteiger partial charge is 0.481 e. The van der Waals surface area contributed by atoms with Crippen molar-refractivity contribution >= 4 is 17.2 Å². The van der Waals surface area contributed by atoms with Gasteiger partial charge < -0.3 is 10.1 Å². The maximum absolute atomic E-state index is 13.4. The Kier molecular flexibility index (Phi) is 5.35. The van der Waals surface area contributed by atoms with E-state index in [1.165, 1.54) is 23.5 Å². The van der Waals surface area contributed by atoms with Crippen molar-refractivity contribution in [1.82, 2.24) is 15.3 Å². The fraction of sp³-hybridized carbons (Fsp3) is 0.167. The van der Waals surface area contributed by atoms with Crippen LogP contribution in [-0.2, 0) is 11.3 Å². The number of thiazole rings is 1. The second-order valence-corrected chi connectivity index (χ2v) is 6.35. The van der Waals surface area contributed by atoms with Crippen molar-refractivity contribution in [2.24, 2.45) is 0 Å². The lowest BCUT2D eigenvalue weighted by Gasteiger charge is -2.07. The summed E-state index contributed by atoms with van der Waals surface area (Å²) in [6.45, 7) is 2.01. The summed E-state index contributed by atoms with van der Waals surface area (Å²) >= 11 is 1.50. The van der Waals surface area contributed by atoms with Crippen molar-refractivity contribution in [1.29, 1.82) is 0 Å². The van der Waals surface area contributed by atoms with Crippen LogP contribution in [0.25, 0.3) is 10.6 Å². The molecule has 0 fully saturated rings. The Morgan fingerprint density at radius 1 is 1.28 bits per heavy atom. The third kappa shape index (κ3) is 4.39. The molecule has 0 spiro atoms. The number of hydrogen-bond donors (Lipinski definition) is 1. The highest BCUT2D eigenvalue weighted by atomic mass is 32.1. The third-order valence-corrected chi connectivity index (χ3v) is 4.65. The fourth-order valence-corrected chi connectivity index (χ4v) is 3.13. The third-order valence-electron chi connectivity index (χ3n) is 3.44. The summed E-state index contributed by atoms with van der Waals surface area (Å²) in [5, 5.41) is 3.62. The maximum Gasteiger partial charge on any atom is 0.258 e. The molecule has 0 radical (unpaired) electrons. The van der Waals surface area contributed by atoms with Crippen molar-refractivity contribution in [3.05, 3.63) is 65.2 Å². The molecule has 2 heterocycles. The molecule has 0 atom stereocenters. The highest BCUT2D eigenvalue weighted by molar-refractivity contribution is 7.15. The van der Waals surface area contributed by atoms with E-state index in [2.05, 4.69) is 15.3 Å². The Hall–Kier alpha value is -2.80. The summed E-state index contributed by atoms with van der Waals surface area (Å²) < 4.78 is 18.6. The van der Waals surface area contributed by atoms with E-state index in [4.69, 9.17) is 4.74 Å². The van der Waals surface area contributed by atoms with Crippen LogP contribution in [0.5, 0.6) is 5.75 Å². The zero-order valence-electron chi connectivity index (χ0n) is 13.5. The van der Waals surface area contributed by atoms with E-state index < -0.39 is 5.82 Å². The van der Waals surface area contributed by atoms with Crippen LogP contribution < -0.4 is 10.1 Å². The van der Waals surface area contributed by atoms with Gasteiger partial charge in [0.25, 0.3) is 5.91 Å². The topological polar surface area (TPSA) is 64.1 Å². The van der Waals surface area contributed by atoms with Gasteiger partial charge in [-0.05, 0) is 31.2 Å². The van der Waals surface area contributed by atoms with Crippen molar-refractivity contribution in [2.75, 3.05) is 6.61 Å². The van der Waals surface area contributed by atoms with Crippen LogP contribution >= 0.6 is 11.3 Å². The minimum atomic E-state index is -0.491. The number of carbonyl (C=O) groups is 1. The summed E-state index contributed by atoms with van der Waals surface area (Å²) in [6.07, 6.45) is 3.46. The molecule has 7 heteroatoms. The average Bonchev–Trinajstić information content (AvgIpc) is 3.01. The number of aromatic nitrogens is 2. The molecule has 1 amide bonds. The van der Waals surface area contributed by atoms with E-state index in [0.717, 1.165) is 21.1 Å². The fourth-order valence-electron chi connectivity index (χ4n) is 2.14. The second-order valence-electron chi connectivity index (χ2n) is 5.27. The number of nitrogens with zero attached hydrogens (tertiary/aromatic N) is 2. The summed E-state index contributed by atoms with van der Waals surface area (Å²) in [6, 6.07) is 9.78. The van der Waals surface area contributed by atoms with E-state index in [1.54, 1.807) is 24.5 Å². The summed E-state index contributed by atoms with van der Waals surface area (Å²) in [5.41, 5.74) is 1.80. The van der Waals surface area contributed by atoms with Crippen molar-refractivity contribution in [2.45, 2.75) is 13.5 Å². The molecule has 1 aromatic carbocycles. The molecule has 3 rings (SSSR count). The van der Waals surface area contributed by atoms with Gasteiger partial charge in [-0.1, -0.05) is 12.1 Å². The van der Waals surface area contributed by atoms with Crippen LogP contribution in [0, 0.1) is 12.7 Å². The number of halogens is 1. The van der Waals surface area contributed by atoms with Crippen LogP contribution in [0.15, 0.2) is 48.8 Å². The first-order valence-electron chi connectivity index (χ1n) is 7.64. The molecule has 5 nitrogen and oxygen atoms in total. The highest BCUT2D eigenvalue weighted by Crippen LogP contribution is 2.27. The Morgan fingerprint density at radius 2 is 2.12 bits per heavy atom. The van der Waals surface area contributed by atoms with Gasteiger partial charge in [0, 0.05) is 22.8 Å². The predicted molar refractivity (Wildman–Crippen MR) is 93.8 cm³/mol. The SMILES string of the molecule is Cc1nc(-c2cccnc2)sc1CNC(=O)COc1ccccc1F. The lowest BCUT2D eigenvalue weighted by atomic mass is 10.3. The number of nitrogens with one attached hydrogen (secondary N) is 1. The minimum Gasteiger partial charge on any atom is -0.481 e. The molecule has 2 aromatic heterocycles. The zero-order valence-corrected chi connectivity index (χ0v) is 14.3. The van der Waals surface area contributed by atoms with Crippen molar-refractivity contribution in [3.63, 3.8) is 0 Å². The number of benzene rings is 1. The predicted octanol–water partition coefficient (Wildman–Crippen LogP) is 3.35. The molecule has 0 aliphatic carbocycles. The van der Waals surface area contributed by atoms with Crippen molar-refractivity contribution < 1.29 is 13.9 Å². The molecule has 128 valence electrons. The van der Waals surface area contributed by atoms with Gasteiger partial charge in [-0.15, -0.1) is 11.3 Å². The number of amides is 1. The van der Waals surface area contributed by atoms with E-state index in [9.17, 15) is 9.18 Å². The van der Waals surface area contributed by atoms with E-state index >= 15 is 0 Å². The minimum absolute atomic E-state index is 0.0606. The second kappa shape index (κ2) is 7.85. The van der Waals surface area contributed by atoms with Crippen molar-refractivity contribution in [3.8, 4) is 16.3 Å². The first-order valence-corrected chi connectivity index (χ1v) is 8.46. The number of para-hydroxylation sites is 1. The number of ether oxygens (including phenoxy) is 1. The Bertz CT molecular complexity index is 868. The highest BCUT2D eigenvalue weighted by Gasteiger charge is 2.11. The van der Waals surface area contributed by atoms with Crippen LogP contribution in [0.1, 0.15) is 10.6 Å². The van der Waals surface area contributed by atoms with Gasteiger partial charge in [0.05, 0.1) is 12.2 Å². The van der Waals surface area contributed by atoms with Gasteiger partial charge in [-0.25, -0.2) is 9.37 Å².